The summed E-state index contributed by atoms with van der Waals surface area (Å²) in [5, 5.41) is 0. The van der Waals surface area contributed by atoms with Crippen molar-refractivity contribution >= 4 is 23.2 Å². The summed E-state index contributed by atoms with van der Waals surface area (Å²) < 4.78 is 5.59. The van der Waals surface area contributed by atoms with E-state index >= 15 is 0 Å². The molecule has 0 unspecified atom stereocenters. The second-order valence-electron chi connectivity index (χ2n) is 7.06. The van der Waals surface area contributed by atoms with E-state index < -0.39 is 0 Å². The van der Waals surface area contributed by atoms with Crippen molar-refractivity contribution in [3.05, 3.63) is 59.7 Å². The average Bonchev–Trinajstić information content (AvgIpc) is 2.77. The minimum Gasteiger partial charge on any atom is -0.484 e. The number of carbonyl (C=O) groups excluding carboxylic acids is 3. The van der Waals surface area contributed by atoms with Crippen LogP contribution in [0, 0.1) is 0 Å². The van der Waals surface area contributed by atoms with Gasteiger partial charge in [-0.1, -0.05) is 6.92 Å². The van der Waals surface area contributed by atoms with Crippen molar-refractivity contribution in [2.24, 2.45) is 0 Å². The van der Waals surface area contributed by atoms with E-state index in [0.717, 1.165) is 18.8 Å². The minimum absolute atomic E-state index is 0.0195. The molecule has 6 nitrogen and oxygen atoms in total. The van der Waals surface area contributed by atoms with E-state index in [0.29, 0.717) is 36.4 Å². The van der Waals surface area contributed by atoms with Gasteiger partial charge in [-0.25, -0.2) is 0 Å². The van der Waals surface area contributed by atoms with Gasteiger partial charge >= 0.3 is 0 Å². The van der Waals surface area contributed by atoms with Crippen LogP contribution in [0.3, 0.4) is 0 Å². The number of piperazine rings is 1. The fourth-order valence-electron chi connectivity index (χ4n) is 3.30. The van der Waals surface area contributed by atoms with Gasteiger partial charge in [-0.2, -0.15) is 0 Å². The molecule has 3 rings (SSSR count). The first-order valence-corrected chi connectivity index (χ1v) is 9.87. The Balaban J connectivity index is 1.47. The number of hydrogen-bond donors (Lipinski definition) is 0. The number of Topliss-reactive ketones (excluding diaryl/α,β-unsaturated/α-hetero) is 2. The predicted octanol–water partition coefficient (Wildman–Crippen LogP) is 3.21. The number of amides is 1. The number of anilines is 1. The molecule has 0 saturated carbocycles. The Hall–Kier alpha value is -3.15. The molecule has 1 saturated heterocycles. The molecule has 2 aromatic rings. The van der Waals surface area contributed by atoms with Crippen molar-refractivity contribution in [1.29, 1.82) is 0 Å². The standard InChI is InChI=1S/C23H26N2O4/c1-3-22(27)19-6-10-21(11-7-19)29-16-23(28)25-14-12-24(13-15-25)20-8-4-18(5-9-20)17(2)26/h4-11H,3,12-16H2,1-2H3. The highest BCUT2D eigenvalue weighted by Crippen LogP contribution is 2.18. The van der Waals surface area contributed by atoms with Gasteiger partial charge in [-0.05, 0) is 55.5 Å². The Kier molecular flexibility index (Phi) is 6.65. The molecule has 152 valence electrons. The van der Waals surface area contributed by atoms with Gasteiger partial charge in [-0.3, -0.25) is 14.4 Å². The molecule has 29 heavy (non-hydrogen) atoms. The summed E-state index contributed by atoms with van der Waals surface area (Å²) in [6.45, 7) is 6.08. The predicted molar refractivity (Wildman–Crippen MR) is 112 cm³/mol. The van der Waals surface area contributed by atoms with E-state index in [1.807, 2.05) is 31.2 Å². The molecule has 0 spiro atoms. The van der Waals surface area contributed by atoms with E-state index in [4.69, 9.17) is 4.74 Å². The highest BCUT2D eigenvalue weighted by Gasteiger charge is 2.21. The Morgan fingerprint density at radius 2 is 1.45 bits per heavy atom. The lowest BCUT2D eigenvalue weighted by Crippen LogP contribution is -2.50. The monoisotopic (exact) mass is 394 g/mol. The second kappa shape index (κ2) is 9.37. The third-order valence-corrected chi connectivity index (χ3v) is 5.13. The third-order valence-electron chi connectivity index (χ3n) is 5.13. The molecule has 0 atom stereocenters. The van der Waals surface area contributed by atoms with Crippen LogP contribution in [-0.4, -0.2) is 55.2 Å². The molecule has 1 fully saturated rings. The first kappa shape index (κ1) is 20.6. The fraction of sp³-hybridized carbons (Fsp3) is 0.348. The SMILES string of the molecule is CCC(=O)c1ccc(OCC(=O)N2CCN(c3ccc(C(C)=O)cc3)CC2)cc1. The highest BCUT2D eigenvalue weighted by atomic mass is 16.5. The van der Waals surface area contributed by atoms with Gasteiger partial charge in [0.2, 0.25) is 0 Å². The lowest BCUT2D eigenvalue weighted by Gasteiger charge is -2.36. The Morgan fingerprint density at radius 3 is 2.00 bits per heavy atom. The van der Waals surface area contributed by atoms with Gasteiger partial charge in [0, 0.05) is 49.4 Å². The van der Waals surface area contributed by atoms with Crippen molar-refractivity contribution in [2.75, 3.05) is 37.7 Å². The van der Waals surface area contributed by atoms with Crippen LogP contribution in [0.15, 0.2) is 48.5 Å². The molecule has 0 aromatic heterocycles. The summed E-state index contributed by atoms with van der Waals surface area (Å²) in [4.78, 5) is 39.5. The molecule has 0 bridgehead atoms. The topological polar surface area (TPSA) is 66.9 Å². The van der Waals surface area contributed by atoms with E-state index in [9.17, 15) is 14.4 Å². The Bertz CT molecular complexity index is 867. The Labute approximate surface area is 171 Å². The average molecular weight is 394 g/mol. The smallest absolute Gasteiger partial charge is 0.260 e. The van der Waals surface area contributed by atoms with Crippen molar-refractivity contribution in [2.45, 2.75) is 20.3 Å². The molecule has 0 aliphatic carbocycles. The van der Waals surface area contributed by atoms with Crippen molar-refractivity contribution in [3.63, 3.8) is 0 Å². The highest BCUT2D eigenvalue weighted by molar-refractivity contribution is 5.96. The molecule has 1 heterocycles. The van der Waals surface area contributed by atoms with Gasteiger partial charge in [0.05, 0.1) is 0 Å². The van der Waals surface area contributed by atoms with Crippen molar-refractivity contribution in [3.8, 4) is 5.75 Å². The van der Waals surface area contributed by atoms with Crippen molar-refractivity contribution in [1.82, 2.24) is 4.90 Å². The van der Waals surface area contributed by atoms with Gasteiger partial charge in [-0.15, -0.1) is 0 Å². The quantitative estimate of drug-likeness (QED) is 0.675. The molecule has 0 N–H and O–H groups in total. The third kappa shape index (κ3) is 5.22. The summed E-state index contributed by atoms with van der Waals surface area (Å²) in [7, 11) is 0. The molecule has 2 aromatic carbocycles. The maximum Gasteiger partial charge on any atom is 0.260 e. The van der Waals surface area contributed by atoms with Crippen LogP contribution in [0.4, 0.5) is 5.69 Å². The molecule has 6 heteroatoms. The van der Waals surface area contributed by atoms with Crippen LogP contribution >= 0.6 is 0 Å². The maximum atomic E-state index is 12.4. The van der Waals surface area contributed by atoms with E-state index in [1.165, 1.54) is 0 Å². The van der Waals surface area contributed by atoms with Crippen LogP contribution in [0.1, 0.15) is 41.0 Å². The summed E-state index contributed by atoms with van der Waals surface area (Å²) in [5.41, 5.74) is 2.41. The lowest BCUT2D eigenvalue weighted by molar-refractivity contribution is -0.133. The first-order chi connectivity index (χ1) is 14.0. The number of hydrogen-bond acceptors (Lipinski definition) is 5. The largest absolute Gasteiger partial charge is 0.484 e. The molecule has 1 aliphatic rings. The first-order valence-electron chi connectivity index (χ1n) is 9.87. The van der Waals surface area contributed by atoms with Gasteiger partial charge in [0.1, 0.15) is 5.75 Å². The van der Waals surface area contributed by atoms with Crippen molar-refractivity contribution < 1.29 is 19.1 Å². The minimum atomic E-state index is -0.0507. The van der Waals surface area contributed by atoms with Gasteiger partial charge < -0.3 is 14.5 Å². The molecule has 1 aliphatic heterocycles. The normalized spacial score (nSPS) is 13.9. The zero-order valence-corrected chi connectivity index (χ0v) is 16.9. The number of ketones is 2. The molecular weight excluding hydrogens is 368 g/mol. The van der Waals surface area contributed by atoms with E-state index in [1.54, 1.807) is 36.1 Å². The van der Waals surface area contributed by atoms with Crippen LogP contribution in [-0.2, 0) is 4.79 Å². The van der Waals surface area contributed by atoms with Gasteiger partial charge in [0.25, 0.3) is 5.91 Å². The summed E-state index contributed by atoms with van der Waals surface area (Å²) in [6.07, 6.45) is 0.464. The van der Waals surface area contributed by atoms with E-state index in [-0.39, 0.29) is 24.1 Å². The number of rotatable bonds is 7. The molecule has 0 radical (unpaired) electrons. The van der Waals surface area contributed by atoms with Crippen LogP contribution < -0.4 is 9.64 Å². The number of ether oxygens (including phenoxy) is 1. The summed E-state index contributed by atoms with van der Waals surface area (Å²) in [5.74, 6) is 0.667. The summed E-state index contributed by atoms with van der Waals surface area (Å²) in [6, 6.07) is 14.5. The van der Waals surface area contributed by atoms with E-state index in [2.05, 4.69) is 4.90 Å². The second-order valence-corrected chi connectivity index (χ2v) is 7.06. The van der Waals surface area contributed by atoms with Crippen LogP contribution in [0.5, 0.6) is 5.75 Å². The lowest BCUT2D eigenvalue weighted by atomic mass is 10.1. The van der Waals surface area contributed by atoms with Gasteiger partial charge in [0.15, 0.2) is 18.2 Å². The zero-order valence-electron chi connectivity index (χ0n) is 16.9. The molecular formula is C23H26N2O4. The Morgan fingerprint density at radius 1 is 0.862 bits per heavy atom. The fourth-order valence-corrected chi connectivity index (χ4v) is 3.30. The van der Waals surface area contributed by atoms with Crippen LogP contribution in [0.25, 0.3) is 0 Å². The number of benzene rings is 2. The number of carbonyl (C=O) groups is 3. The maximum absolute atomic E-state index is 12.4. The summed E-state index contributed by atoms with van der Waals surface area (Å²) >= 11 is 0. The zero-order chi connectivity index (χ0) is 20.8. The van der Waals surface area contributed by atoms with Crippen LogP contribution in [0.2, 0.25) is 0 Å². The molecule has 1 amide bonds. The number of nitrogens with zero attached hydrogens (tertiary/aromatic N) is 2.